The maximum atomic E-state index is 12.0. The zero-order chi connectivity index (χ0) is 18.3. The summed E-state index contributed by atoms with van der Waals surface area (Å²) in [5.74, 6) is -2.00. The number of rotatable bonds is 8. The van der Waals surface area contributed by atoms with Gasteiger partial charge >= 0.3 is 41.5 Å². The van der Waals surface area contributed by atoms with Gasteiger partial charge in [-0.15, -0.1) is 0 Å². The number of ether oxygens (including phenoxy) is 2. The number of carbonyl (C=O) groups is 3. The molecule has 0 radical (unpaired) electrons. The molecule has 0 fully saturated rings. The average molecular weight is 358 g/mol. The zero-order valence-corrected chi connectivity index (χ0v) is 17.5. The molecular formula is C18H23NaO6. The second-order valence-corrected chi connectivity index (χ2v) is 6.08. The minimum Gasteiger partial charge on any atom is -0.550 e. The summed E-state index contributed by atoms with van der Waals surface area (Å²) in [7, 11) is 0. The van der Waals surface area contributed by atoms with E-state index in [1.807, 2.05) is 45.9 Å². The number of para-hydroxylation sites is 1. The van der Waals surface area contributed by atoms with Gasteiger partial charge in [0.1, 0.15) is 5.75 Å². The van der Waals surface area contributed by atoms with E-state index < -0.39 is 30.9 Å². The smallest absolute Gasteiger partial charge is 0.550 e. The summed E-state index contributed by atoms with van der Waals surface area (Å²) in [5, 5.41) is 10.3. The Bertz CT molecular complexity index is 583. The summed E-state index contributed by atoms with van der Waals surface area (Å²) in [6, 6.07) is 5.71. The van der Waals surface area contributed by atoms with E-state index in [0.29, 0.717) is 5.75 Å². The summed E-state index contributed by atoms with van der Waals surface area (Å²) < 4.78 is 10.2. The van der Waals surface area contributed by atoms with Crippen molar-refractivity contribution in [3.05, 3.63) is 29.3 Å². The van der Waals surface area contributed by atoms with Gasteiger partial charge in [-0.1, -0.05) is 45.9 Å². The maximum absolute atomic E-state index is 12.0. The van der Waals surface area contributed by atoms with E-state index in [1.165, 1.54) is 0 Å². The van der Waals surface area contributed by atoms with Crippen molar-refractivity contribution < 1.29 is 58.5 Å². The fourth-order valence-electron chi connectivity index (χ4n) is 2.16. The first-order valence-corrected chi connectivity index (χ1v) is 7.91. The molecule has 0 spiro atoms. The van der Waals surface area contributed by atoms with Gasteiger partial charge in [-0.25, -0.2) is 4.79 Å². The second kappa shape index (κ2) is 11.3. The van der Waals surface area contributed by atoms with Crippen molar-refractivity contribution in [2.24, 2.45) is 0 Å². The summed E-state index contributed by atoms with van der Waals surface area (Å²) in [6.07, 6.45) is -0.781. The molecule has 7 heteroatoms. The molecule has 0 N–H and O–H groups in total. The topological polar surface area (TPSA) is 92.7 Å². The van der Waals surface area contributed by atoms with Crippen LogP contribution in [0.15, 0.2) is 18.2 Å². The molecule has 25 heavy (non-hydrogen) atoms. The van der Waals surface area contributed by atoms with Crippen LogP contribution in [-0.4, -0.2) is 24.5 Å². The van der Waals surface area contributed by atoms with Gasteiger partial charge in [-0.3, -0.25) is 4.79 Å². The normalized spacial score (nSPS) is 10.3. The number of esters is 2. The van der Waals surface area contributed by atoms with Crippen molar-refractivity contribution in [1.29, 1.82) is 0 Å². The third-order valence-electron chi connectivity index (χ3n) is 3.42. The third-order valence-corrected chi connectivity index (χ3v) is 3.42. The molecule has 0 aliphatic carbocycles. The van der Waals surface area contributed by atoms with Gasteiger partial charge in [-0.05, 0) is 29.4 Å². The Hall–Kier alpha value is -1.37. The number of carboxylic acids is 1. The quantitative estimate of drug-likeness (QED) is 0.333. The van der Waals surface area contributed by atoms with Crippen LogP contribution >= 0.6 is 0 Å². The van der Waals surface area contributed by atoms with Crippen molar-refractivity contribution in [3.63, 3.8) is 0 Å². The Morgan fingerprint density at radius 3 is 1.92 bits per heavy atom. The molecule has 0 bridgehead atoms. The van der Waals surface area contributed by atoms with Crippen LogP contribution in [0.2, 0.25) is 0 Å². The number of hydrogen-bond acceptors (Lipinski definition) is 6. The second-order valence-electron chi connectivity index (χ2n) is 6.08. The van der Waals surface area contributed by atoms with Crippen LogP contribution in [-0.2, 0) is 19.1 Å². The fourth-order valence-corrected chi connectivity index (χ4v) is 2.16. The molecule has 0 aliphatic heterocycles. The molecule has 1 aromatic carbocycles. The minimum absolute atomic E-state index is 0. The number of aliphatic carboxylic acids is 1. The van der Waals surface area contributed by atoms with Crippen molar-refractivity contribution >= 4 is 17.9 Å². The van der Waals surface area contributed by atoms with Gasteiger partial charge < -0.3 is 19.4 Å². The molecule has 0 aromatic heterocycles. The van der Waals surface area contributed by atoms with Crippen LogP contribution in [0.25, 0.3) is 0 Å². The standard InChI is InChI=1S/C18H24O6.Na/c1-11(2)13-6-5-7-14(12(3)4)18(13)24-17(22)10-23-16(21)9-8-15(19)20;/h5-7,11-12H,8-10H2,1-4H3,(H,19,20);/q;+1/p-1. The largest absolute Gasteiger partial charge is 1.00 e. The van der Waals surface area contributed by atoms with Crippen LogP contribution < -0.4 is 39.4 Å². The SMILES string of the molecule is CC(C)c1cccc(C(C)C)c1OC(=O)COC(=O)CCC(=O)[O-].[Na+]. The summed E-state index contributed by atoms with van der Waals surface area (Å²) in [4.78, 5) is 33.6. The van der Waals surface area contributed by atoms with E-state index in [1.54, 1.807) is 0 Å². The third kappa shape index (κ3) is 8.03. The van der Waals surface area contributed by atoms with Gasteiger partial charge in [0.2, 0.25) is 0 Å². The Morgan fingerprint density at radius 2 is 1.48 bits per heavy atom. The fraction of sp³-hybridized carbons (Fsp3) is 0.500. The Labute approximate surface area is 170 Å². The molecule has 132 valence electrons. The monoisotopic (exact) mass is 358 g/mol. The Balaban J connectivity index is 0.00000576. The molecule has 1 rings (SSSR count). The molecule has 6 nitrogen and oxygen atoms in total. The van der Waals surface area contributed by atoms with E-state index >= 15 is 0 Å². The predicted molar refractivity (Wildman–Crippen MR) is 85.5 cm³/mol. The molecule has 0 aliphatic rings. The average Bonchev–Trinajstić information content (AvgIpc) is 2.50. The molecule has 0 saturated heterocycles. The van der Waals surface area contributed by atoms with E-state index in [0.717, 1.165) is 11.1 Å². The van der Waals surface area contributed by atoms with Gasteiger partial charge in [-0.2, -0.15) is 0 Å². The summed E-state index contributed by atoms with van der Waals surface area (Å²) in [6.45, 7) is 7.43. The molecule has 0 saturated carbocycles. The van der Waals surface area contributed by atoms with Crippen LogP contribution in [0.1, 0.15) is 63.5 Å². The maximum Gasteiger partial charge on any atom is 1.00 e. The van der Waals surface area contributed by atoms with Gasteiger partial charge in [0.25, 0.3) is 0 Å². The van der Waals surface area contributed by atoms with Crippen LogP contribution in [0, 0.1) is 0 Å². The Morgan fingerprint density at radius 1 is 0.960 bits per heavy atom. The van der Waals surface area contributed by atoms with E-state index in [9.17, 15) is 19.5 Å². The van der Waals surface area contributed by atoms with Crippen LogP contribution in [0.3, 0.4) is 0 Å². The molecular weight excluding hydrogens is 335 g/mol. The minimum atomic E-state index is -1.35. The number of carboxylic acid groups (broad SMARTS) is 1. The first-order chi connectivity index (χ1) is 11.2. The zero-order valence-electron chi connectivity index (χ0n) is 15.5. The van der Waals surface area contributed by atoms with Crippen molar-refractivity contribution in [3.8, 4) is 5.75 Å². The van der Waals surface area contributed by atoms with E-state index in [2.05, 4.69) is 0 Å². The predicted octanol–water partition coefficient (Wildman–Crippen LogP) is -1.08. The summed E-state index contributed by atoms with van der Waals surface area (Å²) >= 11 is 0. The first-order valence-electron chi connectivity index (χ1n) is 7.91. The van der Waals surface area contributed by atoms with Crippen molar-refractivity contribution in [2.45, 2.75) is 52.4 Å². The van der Waals surface area contributed by atoms with Crippen LogP contribution in [0.4, 0.5) is 0 Å². The first kappa shape index (κ1) is 23.6. The van der Waals surface area contributed by atoms with Gasteiger partial charge in [0.15, 0.2) is 6.61 Å². The molecule has 0 unspecified atom stereocenters. The van der Waals surface area contributed by atoms with Crippen LogP contribution in [0.5, 0.6) is 5.75 Å². The molecule has 0 atom stereocenters. The molecule has 1 aromatic rings. The molecule has 0 heterocycles. The number of hydrogen-bond donors (Lipinski definition) is 0. The van der Waals surface area contributed by atoms with Gasteiger partial charge in [0.05, 0.1) is 6.42 Å². The van der Waals surface area contributed by atoms with E-state index in [-0.39, 0.29) is 47.8 Å². The van der Waals surface area contributed by atoms with Crippen molar-refractivity contribution in [1.82, 2.24) is 0 Å². The van der Waals surface area contributed by atoms with Gasteiger partial charge in [0, 0.05) is 5.97 Å². The summed E-state index contributed by atoms with van der Waals surface area (Å²) in [5.41, 5.74) is 1.80. The number of carbonyl (C=O) groups excluding carboxylic acids is 3. The van der Waals surface area contributed by atoms with E-state index in [4.69, 9.17) is 9.47 Å². The van der Waals surface area contributed by atoms with Crippen molar-refractivity contribution in [2.75, 3.05) is 6.61 Å². The molecule has 0 amide bonds. The number of benzene rings is 1. The Kier molecular flexibility index (Phi) is 10.7.